The third-order valence-electron chi connectivity index (χ3n) is 2.27. The Morgan fingerprint density at radius 1 is 1.27 bits per heavy atom. The molecule has 4 N–H and O–H groups in total. The fourth-order valence-corrected chi connectivity index (χ4v) is 1.61. The number of hydrogen-bond acceptors (Lipinski definition) is 4. The molecule has 2 aromatic rings. The molecule has 0 saturated carbocycles. The van der Waals surface area contributed by atoms with Crippen LogP contribution in [-0.2, 0) is 6.42 Å². The zero-order valence-corrected chi connectivity index (χ0v) is 8.19. The van der Waals surface area contributed by atoms with Gasteiger partial charge in [-0.1, -0.05) is 0 Å². The van der Waals surface area contributed by atoms with Gasteiger partial charge in [0, 0.05) is 23.2 Å². The Morgan fingerprint density at radius 2 is 2.07 bits per heavy atom. The first-order valence-electron chi connectivity index (χ1n) is 4.73. The minimum absolute atomic E-state index is 0.364. The molecular formula is C11H12N2O2. The van der Waals surface area contributed by atoms with Gasteiger partial charge >= 0.3 is 5.63 Å². The second-order valence-electron chi connectivity index (χ2n) is 3.38. The second kappa shape index (κ2) is 3.74. The molecule has 0 unspecified atom stereocenters. The summed E-state index contributed by atoms with van der Waals surface area (Å²) in [5, 5.41) is 0.897. The van der Waals surface area contributed by atoms with Crippen LogP contribution < -0.4 is 17.1 Å². The molecule has 4 heteroatoms. The van der Waals surface area contributed by atoms with E-state index in [1.54, 1.807) is 12.1 Å². The van der Waals surface area contributed by atoms with Crippen molar-refractivity contribution in [1.29, 1.82) is 0 Å². The van der Waals surface area contributed by atoms with Crippen LogP contribution in [0, 0.1) is 0 Å². The molecule has 0 aliphatic carbocycles. The summed E-state index contributed by atoms with van der Waals surface area (Å²) in [6.45, 7) is 0.503. The van der Waals surface area contributed by atoms with Crippen LogP contribution in [-0.4, -0.2) is 6.54 Å². The summed E-state index contributed by atoms with van der Waals surface area (Å²) in [6, 6.07) is 6.75. The first-order chi connectivity index (χ1) is 7.20. The zero-order valence-electron chi connectivity index (χ0n) is 8.19. The number of benzene rings is 1. The van der Waals surface area contributed by atoms with Crippen LogP contribution in [0.15, 0.2) is 33.5 Å². The first-order valence-corrected chi connectivity index (χ1v) is 4.73. The Hall–Kier alpha value is -1.81. The summed E-state index contributed by atoms with van der Waals surface area (Å²) >= 11 is 0. The topological polar surface area (TPSA) is 82.2 Å². The smallest absolute Gasteiger partial charge is 0.336 e. The van der Waals surface area contributed by atoms with E-state index in [0.717, 1.165) is 10.9 Å². The number of nitrogens with two attached hydrogens (primary N) is 2. The molecule has 1 aromatic carbocycles. The molecule has 0 aliphatic heterocycles. The minimum atomic E-state index is -0.364. The lowest BCUT2D eigenvalue weighted by Crippen LogP contribution is -2.07. The molecule has 78 valence electrons. The van der Waals surface area contributed by atoms with Crippen molar-refractivity contribution in [3.8, 4) is 0 Å². The quantitative estimate of drug-likeness (QED) is 0.562. The molecular weight excluding hydrogens is 192 g/mol. The van der Waals surface area contributed by atoms with Gasteiger partial charge in [-0.15, -0.1) is 0 Å². The van der Waals surface area contributed by atoms with E-state index in [1.165, 1.54) is 6.07 Å². The van der Waals surface area contributed by atoms with E-state index in [1.807, 2.05) is 6.07 Å². The highest BCUT2D eigenvalue weighted by atomic mass is 16.4. The average Bonchev–Trinajstić information content (AvgIpc) is 2.17. The van der Waals surface area contributed by atoms with Crippen molar-refractivity contribution < 1.29 is 4.42 Å². The Balaban J connectivity index is 2.74. The van der Waals surface area contributed by atoms with Crippen molar-refractivity contribution in [2.45, 2.75) is 6.42 Å². The summed E-state index contributed by atoms with van der Waals surface area (Å²) in [4.78, 5) is 11.2. The third-order valence-corrected chi connectivity index (χ3v) is 2.27. The van der Waals surface area contributed by atoms with Crippen LogP contribution in [0.2, 0.25) is 0 Å². The van der Waals surface area contributed by atoms with E-state index in [0.29, 0.717) is 24.2 Å². The van der Waals surface area contributed by atoms with Gasteiger partial charge in [-0.3, -0.25) is 0 Å². The number of anilines is 1. The molecule has 0 aliphatic rings. The molecule has 0 radical (unpaired) electrons. The van der Waals surface area contributed by atoms with Gasteiger partial charge in [0.05, 0.1) is 0 Å². The van der Waals surface area contributed by atoms with E-state index in [2.05, 4.69) is 0 Å². The molecule has 1 heterocycles. The van der Waals surface area contributed by atoms with Crippen LogP contribution in [0.3, 0.4) is 0 Å². The lowest BCUT2D eigenvalue weighted by Gasteiger charge is -2.03. The highest BCUT2D eigenvalue weighted by Gasteiger charge is 2.04. The number of nitrogen functional groups attached to an aromatic ring is 1. The van der Waals surface area contributed by atoms with Gasteiger partial charge in [0.2, 0.25) is 0 Å². The Bertz CT molecular complexity index is 546. The normalized spacial score (nSPS) is 10.7. The Morgan fingerprint density at radius 3 is 2.80 bits per heavy atom. The molecule has 0 bridgehead atoms. The number of rotatable bonds is 2. The summed E-state index contributed by atoms with van der Waals surface area (Å²) in [5.74, 6) is 0. The highest BCUT2D eigenvalue weighted by Crippen LogP contribution is 2.19. The van der Waals surface area contributed by atoms with Gasteiger partial charge in [-0.05, 0) is 30.7 Å². The lowest BCUT2D eigenvalue weighted by molar-refractivity contribution is 0.559. The highest BCUT2D eigenvalue weighted by molar-refractivity contribution is 5.83. The van der Waals surface area contributed by atoms with Crippen molar-refractivity contribution in [1.82, 2.24) is 0 Å². The molecule has 2 rings (SSSR count). The molecule has 0 amide bonds. The predicted molar refractivity (Wildman–Crippen MR) is 59.7 cm³/mol. The molecule has 1 aromatic heterocycles. The van der Waals surface area contributed by atoms with Crippen molar-refractivity contribution in [2.75, 3.05) is 12.3 Å². The van der Waals surface area contributed by atoms with Crippen molar-refractivity contribution in [3.63, 3.8) is 0 Å². The maximum Gasteiger partial charge on any atom is 0.336 e. The van der Waals surface area contributed by atoms with Gasteiger partial charge in [0.25, 0.3) is 0 Å². The lowest BCUT2D eigenvalue weighted by atomic mass is 10.1. The van der Waals surface area contributed by atoms with E-state index >= 15 is 0 Å². The monoisotopic (exact) mass is 204 g/mol. The largest absolute Gasteiger partial charge is 0.423 e. The molecule has 4 nitrogen and oxygen atoms in total. The van der Waals surface area contributed by atoms with Gasteiger partial charge in [0.1, 0.15) is 5.58 Å². The fourth-order valence-electron chi connectivity index (χ4n) is 1.61. The second-order valence-corrected chi connectivity index (χ2v) is 3.38. The van der Waals surface area contributed by atoms with Gasteiger partial charge in [-0.25, -0.2) is 4.79 Å². The van der Waals surface area contributed by atoms with Crippen molar-refractivity contribution in [2.24, 2.45) is 5.73 Å². The van der Waals surface area contributed by atoms with E-state index in [-0.39, 0.29) is 5.63 Å². The summed E-state index contributed by atoms with van der Waals surface area (Å²) in [7, 11) is 0. The van der Waals surface area contributed by atoms with Crippen molar-refractivity contribution >= 4 is 16.7 Å². The van der Waals surface area contributed by atoms with Crippen LogP contribution in [0.4, 0.5) is 5.69 Å². The molecule has 0 saturated heterocycles. The van der Waals surface area contributed by atoms with Crippen molar-refractivity contribution in [3.05, 3.63) is 40.2 Å². The SMILES string of the molecule is NCCc1cc(=O)oc2cc(N)ccc12. The zero-order chi connectivity index (χ0) is 10.8. The average molecular weight is 204 g/mol. The Kier molecular flexibility index (Phi) is 2.43. The van der Waals surface area contributed by atoms with Crippen LogP contribution in [0.5, 0.6) is 0 Å². The molecule has 0 spiro atoms. The van der Waals surface area contributed by atoms with Gasteiger partial charge < -0.3 is 15.9 Å². The first kappa shape index (κ1) is 9.73. The van der Waals surface area contributed by atoms with Gasteiger partial charge in [-0.2, -0.15) is 0 Å². The van der Waals surface area contributed by atoms with E-state index in [4.69, 9.17) is 15.9 Å². The minimum Gasteiger partial charge on any atom is -0.423 e. The fraction of sp³-hybridized carbons (Fsp3) is 0.182. The van der Waals surface area contributed by atoms with Crippen LogP contribution >= 0.6 is 0 Å². The molecule has 0 fully saturated rings. The predicted octanol–water partition coefficient (Wildman–Crippen LogP) is 0.876. The van der Waals surface area contributed by atoms with Crippen LogP contribution in [0.1, 0.15) is 5.56 Å². The number of fused-ring (bicyclic) bond motifs is 1. The molecule has 15 heavy (non-hydrogen) atoms. The van der Waals surface area contributed by atoms with E-state index < -0.39 is 0 Å². The van der Waals surface area contributed by atoms with Crippen LogP contribution in [0.25, 0.3) is 11.0 Å². The number of hydrogen-bond donors (Lipinski definition) is 2. The van der Waals surface area contributed by atoms with E-state index in [9.17, 15) is 4.79 Å². The summed E-state index contributed by atoms with van der Waals surface area (Å²) in [5.41, 5.74) is 12.7. The summed E-state index contributed by atoms with van der Waals surface area (Å²) < 4.78 is 5.05. The Labute approximate surface area is 86.5 Å². The third kappa shape index (κ3) is 1.85. The maximum atomic E-state index is 11.2. The maximum absolute atomic E-state index is 11.2. The molecule has 0 atom stereocenters. The standard InChI is InChI=1S/C11H12N2O2/c12-4-3-7-5-11(14)15-10-6-8(13)1-2-9(7)10/h1-2,5-6H,3-4,12-13H2. The summed E-state index contributed by atoms with van der Waals surface area (Å²) in [6.07, 6.45) is 0.659. The van der Waals surface area contributed by atoms with Gasteiger partial charge in [0.15, 0.2) is 0 Å².